The van der Waals surface area contributed by atoms with Gasteiger partial charge in [0, 0.05) is 15.5 Å². The lowest BCUT2D eigenvalue weighted by Crippen LogP contribution is -1.92. The van der Waals surface area contributed by atoms with Crippen LogP contribution >= 0.6 is 31.9 Å². The molecule has 0 aromatic heterocycles. The summed E-state index contributed by atoms with van der Waals surface area (Å²) in [4.78, 5) is 0. The van der Waals surface area contributed by atoms with E-state index in [4.69, 9.17) is 5.73 Å². The molecule has 3 heteroatoms. The van der Waals surface area contributed by atoms with Crippen molar-refractivity contribution in [2.75, 3.05) is 5.73 Å². The van der Waals surface area contributed by atoms with Gasteiger partial charge < -0.3 is 5.73 Å². The van der Waals surface area contributed by atoms with Crippen molar-refractivity contribution in [3.8, 4) is 0 Å². The molecule has 2 N–H and O–H groups in total. The lowest BCUT2D eigenvalue weighted by Gasteiger charge is -2.04. The average Bonchev–Trinajstić information content (AvgIpc) is 1.97. The largest absolute Gasteiger partial charge is 0.398 e. The van der Waals surface area contributed by atoms with Gasteiger partial charge in [-0.2, -0.15) is 0 Å². The number of benzene rings is 1. The summed E-state index contributed by atoms with van der Waals surface area (Å²) >= 11 is 6.81. The number of hydrogen-bond donors (Lipinski definition) is 1. The Hall–Kier alpha value is -0.0200. The van der Waals surface area contributed by atoms with Gasteiger partial charge in [0.25, 0.3) is 0 Å². The third kappa shape index (κ3) is 1.97. The number of alkyl halides is 1. The molecule has 0 amide bonds. The molecular formula is C8H9Br2N. The predicted octanol–water partition coefficient (Wildman–Crippen LogP) is 3.23. The van der Waals surface area contributed by atoms with Gasteiger partial charge in [0.1, 0.15) is 0 Å². The minimum Gasteiger partial charge on any atom is -0.398 e. The monoisotopic (exact) mass is 277 g/mol. The van der Waals surface area contributed by atoms with E-state index in [1.807, 2.05) is 19.1 Å². The molecule has 11 heavy (non-hydrogen) atoms. The van der Waals surface area contributed by atoms with Crippen LogP contribution in [0.4, 0.5) is 5.69 Å². The molecule has 1 nitrogen and oxygen atoms in total. The van der Waals surface area contributed by atoms with Crippen molar-refractivity contribution in [1.82, 2.24) is 0 Å². The van der Waals surface area contributed by atoms with Gasteiger partial charge in [-0.15, -0.1) is 0 Å². The summed E-state index contributed by atoms with van der Waals surface area (Å²) in [6, 6.07) is 4.01. The molecule has 0 unspecified atom stereocenters. The minimum atomic E-state index is 0.803. The molecule has 0 saturated carbocycles. The van der Waals surface area contributed by atoms with Gasteiger partial charge in [0.15, 0.2) is 0 Å². The van der Waals surface area contributed by atoms with Crippen LogP contribution in [0.5, 0.6) is 0 Å². The van der Waals surface area contributed by atoms with Crippen LogP contribution in [0.15, 0.2) is 16.6 Å². The van der Waals surface area contributed by atoms with Crippen LogP contribution in [-0.4, -0.2) is 0 Å². The molecule has 0 heterocycles. The Bertz CT molecular complexity index is 271. The van der Waals surface area contributed by atoms with Crippen LogP contribution in [0.1, 0.15) is 11.1 Å². The van der Waals surface area contributed by atoms with Crippen molar-refractivity contribution in [2.45, 2.75) is 12.3 Å². The molecule has 1 rings (SSSR count). The Labute approximate surface area is 83.2 Å². The van der Waals surface area contributed by atoms with Gasteiger partial charge >= 0.3 is 0 Å². The highest BCUT2D eigenvalue weighted by Gasteiger charge is 2.00. The predicted molar refractivity (Wildman–Crippen MR) is 55.9 cm³/mol. The quantitative estimate of drug-likeness (QED) is 0.619. The molecule has 1 aromatic carbocycles. The highest BCUT2D eigenvalue weighted by molar-refractivity contribution is 9.10. The Morgan fingerprint density at radius 1 is 1.45 bits per heavy atom. The Balaban J connectivity index is 3.21. The molecule has 0 radical (unpaired) electrons. The van der Waals surface area contributed by atoms with E-state index in [1.165, 1.54) is 5.56 Å². The van der Waals surface area contributed by atoms with E-state index in [9.17, 15) is 0 Å². The van der Waals surface area contributed by atoms with Crippen LogP contribution < -0.4 is 5.73 Å². The fraction of sp³-hybridized carbons (Fsp3) is 0.250. The van der Waals surface area contributed by atoms with Crippen molar-refractivity contribution in [1.29, 1.82) is 0 Å². The molecule has 0 aliphatic heterocycles. The highest BCUT2D eigenvalue weighted by atomic mass is 79.9. The summed E-state index contributed by atoms with van der Waals surface area (Å²) in [5.41, 5.74) is 8.90. The first-order chi connectivity index (χ1) is 5.15. The number of aryl methyl sites for hydroxylation is 1. The average molecular weight is 279 g/mol. The zero-order chi connectivity index (χ0) is 8.43. The molecule has 0 bridgehead atoms. The van der Waals surface area contributed by atoms with Crippen molar-refractivity contribution < 1.29 is 0 Å². The summed E-state index contributed by atoms with van der Waals surface area (Å²) in [6.45, 7) is 2.03. The molecule has 0 aliphatic rings. The summed E-state index contributed by atoms with van der Waals surface area (Å²) in [6.07, 6.45) is 0. The van der Waals surface area contributed by atoms with Gasteiger partial charge in [-0.05, 0) is 30.2 Å². The standard InChI is InChI=1S/C8H9Br2N/c1-5-2-8(11)6(4-9)3-7(5)10/h2-3H,4,11H2,1H3. The topological polar surface area (TPSA) is 26.0 Å². The molecule has 0 fully saturated rings. The number of halogens is 2. The molecule has 0 saturated heterocycles. The van der Waals surface area contributed by atoms with E-state index < -0.39 is 0 Å². The first-order valence-corrected chi connectivity index (χ1v) is 5.17. The van der Waals surface area contributed by atoms with Crippen molar-refractivity contribution in [3.63, 3.8) is 0 Å². The number of nitrogen functional groups attached to an aromatic ring is 1. The minimum absolute atomic E-state index is 0.803. The van der Waals surface area contributed by atoms with E-state index in [0.717, 1.165) is 21.1 Å². The van der Waals surface area contributed by atoms with E-state index in [2.05, 4.69) is 31.9 Å². The Kier molecular flexibility index (Phi) is 2.96. The second-order valence-electron chi connectivity index (χ2n) is 2.43. The van der Waals surface area contributed by atoms with Crippen molar-refractivity contribution in [2.24, 2.45) is 0 Å². The second kappa shape index (κ2) is 3.59. The van der Waals surface area contributed by atoms with Crippen LogP contribution in [0.25, 0.3) is 0 Å². The summed E-state index contributed by atoms with van der Waals surface area (Å²) < 4.78 is 1.11. The van der Waals surface area contributed by atoms with Crippen LogP contribution in [0, 0.1) is 6.92 Å². The number of rotatable bonds is 1. The molecule has 1 aromatic rings. The number of nitrogens with two attached hydrogens (primary N) is 1. The Morgan fingerprint density at radius 3 is 2.64 bits per heavy atom. The van der Waals surface area contributed by atoms with Crippen LogP contribution in [0.2, 0.25) is 0 Å². The van der Waals surface area contributed by atoms with Gasteiger partial charge in [-0.25, -0.2) is 0 Å². The maximum atomic E-state index is 5.75. The van der Waals surface area contributed by atoms with E-state index in [0.29, 0.717) is 0 Å². The fourth-order valence-corrected chi connectivity index (χ4v) is 1.74. The Morgan fingerprint density at radius 2 is 2.09 bits per heavy atom. The second-order valence-corrected chi connectivity index (χ2v) is 3.85. The zero-order valence-corrected chi connectivity index (χ0v) is 9.37. The van der Waals surface area contributed by atoms with Gasteiger partial charge in [0.05, 0.1) is 0 Å². The molecule has 60 valence electrons. The number of hydrogen-bond acceptors (Lipinski definition) is 1. The molecule has 0 aliphatic carbocycles. The SMILES string of the molecule is Cc1cc(N)c(CBr)cc1Br. The van der Waals surface area contributed by atoms with Gasteiger partial charge in [-0.1, -0.05) is 31.9 Å². The normalized spacial score (nSPS) is 10.1. The summed E-state index contributed by atoms with van der Waals surface area (Å²) in [5.74, 6) is 0. The van der Waals surface area contributed by atoms with Crippen molar-refractivity contribution in [3.05, 3.63) is 27.7 Å². The van der Waals surface area contributed by atoms with Gasteiger partial charge in [0.2, 0.25) is 0 Å². The third-order valence-electron chi connectivity index (χ3n) is 1.56. The maximum absolute atomic E-state index is 5.75. The van der Waals surface area contributed by atoms with Gasteiger partial charge in [-0.3, -0.25) is 0 Å². The first kappa shape index (κ1) is 9.07. The summed E-state index contributed by atoms with van der Waals surface area (Å²) in [7, 11) is 0. The molecule has 0 atom stereocenters. The zero-order valence-electron chi connectivity index (χ0n) is 6.20. The molecular weight excluding hydrogens is 270 g/mol. The first-order valence-electron chi connectivity index (χ1n) is 3.25. The molecule has 0 spiro atoms. The van der Waals surface area contributed by atoms with E-state index in [1.54, 1.807) is 0 Å². The van der Waals surface area contributed by atoms with Crippen molar-refractivity contribution >= 4 is 37.5 Å². The number of anilines is 1. The maximum Gasteiger partial charge on any atom is 0.0358 e. The lowest BCUT2D eigenvalue weighted by molar-refractivity contribution is 1.35. The lowest BCUT2D eigenvalue weighted by atomic mass is 10.1. The smallest absolute Gasteiger partial charge is 0.0358 e. The van der Waals surface area contributed by atoms with E-state index >= 15 is 0 Å². The van der Waals surface area contributed by atoms with Crippen LogP contribution in [-0.2, 0) is 5.33 Å². The fourth-order valence-electron chi connectivity index (χ4n) is 0.861. The highest BCUT2D eigenvalue weighted by Crippen LogP contribution is 2.24. The van der Waals surface area contributed by atoms with Crippen LogP contribution in [0.3, 0.4) is 0 Å². The summed E-state index contributed by atoms with van der Waals surface area (Å²) in [5, 5.41) is 0.803. The van der Waals surface area contributed by atoms with E-state index in [-0.39, 0.29) is 0 Å². The third-order valence-corrected chi connectivity index (χ3v) is 3.02.